The molecule has 0 N–H and O–H groups in total. The molecule has 0 amide bonds. The highest BCUT2D eigenvalue weighted by Gasteiger charge is 2.21. The molecule has 0 saturated carbocycles. The van der Waals surface area contributed by atoms with Crippen LogP contribution in [0.15, 0.2) is 18.2 Å². The molecule has 0 nitrogen and oxygen atoms in total. The second-order valence-corrected chi connectivity index (χ2v) is 6.65. The second-order valence-electron chi connectivity index (χ2n) is 5.11. The van der Waals surface area contributed by atoms with Crippen LogP contribution < -0.4 is 0 Å². The molecule has 1 atom stereocenters. The molecular weight excluding hydrogens is 290 g/mol. The summed E-state index contributed by atoms with van der Waals surface area (Å²) in [7, 11) is 0. The molecule has 1 rings (SSSR count). The fourth-order valence-corrected chi connectivity index (χ4v) is 1.87. The van der Waals surface area contributed by atoms with Gasteiger partial charge in [0.05, 0.1) is 0 Å². The van der Waals surface area contributed by atoms with Gasteiger partial charge in [-0.15, -0.1) is 0 Å². The Kier molecular flexibility index (Phi) is 4.81. The Balaban J connectivity index is 2.64. The molecule has 0 heterocycles. The standard InChI is InChI=1S/C13H17BrClF/c1-13(2,3)12(14)7-4-9-8-10(15)5-6-11(9)16/h5-6,8,12H,4,7H2,1-3H3. The zero-order valence-corrected chi connectivity index (χ0v) is 12.2. The Bertz CT molecular complexity index is 357. The molecule has 0 saturated heterocycles. The number of alkyl halides is 1. The summed E-state index contributed by atoms with van der Waals surface area (Å²) in [5, 5.41) is 0.596. The number of rotatable bonds is 3. The summed E-state index contributed by atoms with van der Waals surface area (Å²) in [4.78, 5) is 0.374. The summed E-state index contributed by atoms with van der Waals surface area (Å²) in [5.74, 6) is -0.169. The van der Waals surface area contributed by atoms with Crippen molar-refractivity contribution in [1.82, 2.24) is 0 Å². The van der Waals surface area contributed by atoms with Gasteiger partial charge in [0.2, 0.25) is 0 Å². The van der Waals surface area contributed by atoms with E-state index in [0.717, 1.165) is 6.42 Å². The first kappa shape index (κ1) is 14.0. The predicted octanol–water partition coefficient (Wildman–Crippen LogP) is 5.22. The fourth-order valence-electron chi connectivity index (χ4n) is 1.45. The van der Waals surface area contributed by atoms with Gasteiger partial charge in [0.1, 0.15) is 5.82 Å². The molecule has 1 unspecified atom stereocenters. The van der Waals surface area contributed by atoms with Gasteiger partial charge in [-0.2, -0.15) is 0 Å². The highest BCUT2D eigenvalue weighted by atomic mass is 79.9. The lowest BCUT2D eigenvalue weighted by Crippen LogP contribution is -2.20. The van der Waals surface area contributed by atoms with Gasteiger partial charge in [0.15, 0.2) is 0 Å². The Morgan fingerprint density at radius 1 is 1.38 bits per heavy atom. The van der Waals surface area contributed by atoms with Crippen LogP contribution in [0, 0.1) is 11.2 Å². The molecule has 0 spiro atoms. The molecule has 0 bridgehead atoms. The lowest BCUT2D eigenvalue weighted by atomic mass is 9.89. The van der Waals surface area contributed by atoms with Crippen molar-refractivity contribution < 1.29 is 4.39 Å². The van der Waals surface area contributed by atoms with Gasteiger partial charge in [-0.05, 0) is 42.0 Å². The fraction of sp³-hybridized carbons (Fsp3) is 0.538. The molecule has 0 radical (unpaired) electrons. The van der Waals surface area contributed by atoms with Crippen LogP contribution in [0.1, 0.15) is 32.8 Å². The normalized spacial score (nSPS) is 13.9. The molecular formula is C13H17BrClF. The minimum absolute atomic E-state index is 0.169. The van der Waals surface area contributed by atoms with Crippen molar-refractivity contribution in [3.8, 4) is 0 Å². The van der Waals surface area contributed by atoms with E-state index in [4.69, 9.17) is 11.6 Å². The molecule has 90 valence electrons. The van der Waals surface area contributed by atoms with Crippen LogP contribution in [0.3, 0.4) is 0 Å². The van der Waals surface area contributed by atoms with Crippen molar-refractivity contribution in [3.63, 3.8) is 0 Å². The van der Waals surface area contributed by atoms with Crippen LogP contribution in [0.25, 0.3) is 0 Å². The van der Waals surface area contributed by atoms with E-state index in [0.29, 0.717) is 21.8 Å². The Labute approximate surface area is 110 Å². The van der Waals surface area contributed by atoms with E-state index in [9.17, 15) is 4.39 Å². The van der Waals surface area contributed by atoms with Gasteiger partial charge in [-0.1, -0.05) is 48.3 Å². The van der Waals surface area contributed by atoms with Crippen molar-refractivity contribution in [1.29, 1.82) is 0 Å². The Hall–Kier alpha value is -0.0800. The number of hydrogen-bond donors (Lipinski definition) is 0. The molecule has 16 heavy (non-hydrogen) atoms. The van der Waals surface area contributed by atoms with Gasteiger partial charge < -0.3 is 0 Å². The van der Waals surface area contributed by atoms with Gasteiger partial charge >= 0.3 is 0 Å². The van der Waals surface area contributed by atoms with Crippen LogP contribution >= 0.6 is 27.5 Å². The van der Waals surface area contributed by atoms with Crippen LogP contribution in [0.4, 0.5) is 4.39 Å². The predicted molar refractivity (Wildman–Crippen MR) is 71.9 cm³/mol. The monoisotopic (exact) mass is 306 g/mol. The molecule has 1 aromatic carbocycles. The summed E-state index contributed by atoms with van der Waals surface area (Å²) >= 11 is 9.49. The molecule has 0 aromatic heterocycles. The lowest BCUT2D eigenvalue weighted by molar-refractivity contribution is 0.384. The second kappa shape index (κ2) is 5.50. The average Bonchev–Trinajstić information content (AvgIpc) is 2.17. The topological polar surface area (TPSA) is 0 Å². The summed E-state index contributed by atoms with van der Waals surface area (Å²) in [6.07, 6.45) is 1.61. The third kappa shape index (κ3) is 4.06. The summed E-state index contributed by atoms with van der Waals surface area (Å²) < 4.78 is 13.4. The van der Waals surface area contributed by atoms with Gasteiger partial charge in [0.25, 0.3) is 0 Å². The van der Waals surface area contributed by atoms with E-state index in [1.807, 2.05) is 0 Å². The third-order valence-corrected chi connectivity index (χ3v) is 4.68. The van der Waals surface area contributed by atoms with Crippen LogP contribution in [-0.2, 0) is 6.42 Å². The third-order valence-electron chi connectivity index (χ3n) is 2.61. The van der Waals surface area contributed by atoms with Gasteiger partial charge in [-0.25, -0.2) is 4.39 Å². The number of aryl methyl sites for hydroxylation is 1. The maximum Gasteiger partial charge on any atom is 0.126 e. The minimum atomic E-state index is -0.169. The molecule has 3 heteroatoms. The highest BCUT2D eigenvalue weighted by molar-refractivity contribution is 9.09. The van der Waals surface area contributed by atoms with Crippen molar-refractivity contribution in [2.75, 3.05) is 0 Å². The van der Waals surface area contributed by atoms with Crippen molar-refractivity contribution >= 4 is 27.5 Å². The largest absolute Gasteiger partial charge is 0.207 e. The first-order valence-electron chi connectivity index (χ1n) is 5.38. The lowest BCUT2D eigenvalue weighted by Gasteiger charge is -2.25. The maximum atomic E-state index is 13.4. The quantitative estimate of drug-likeness (QED) is 0.671. The van der Waals surface area contributed by atoms with Crippen molar-refractivity contribution in [2.24, 2.45) is 5.41 Å². The maximum absolute atomic E-state index is 13.4. The van der Waals surface area contributed by atoms with Crippen molar-refractivity contribution in [3.05, 3.63) is 34.6 Å². The Morgan fingerprint density at radius 3 is 2.56 bits per heavy atom. The molecule has 0 aliphatic heterocycles. The molecule has 0 aliphatic rings. The Morgan fingerprint density at radius 2 is 2.00 bits per heavy atom. The zero-order valence-electron chi connectivity index (χ0n) is 9.86. The first-order chi connectivity index (χ1) is 7.30. The van der Waals surface area contributed by atoms with Crippen molar-refractivity contribution in [2.45, 2.75) is 38.4 Å². The SMILES string of the molecule is CC(C)(C)C(Br)CCc1cc(Cl)ccc1F. The van der Waals surface area contributed by atoms with Crippen LogP contribution in [0.2, 0.25) is 5.02 Å². The smallest absolute Gasteiger partial charge is 0.126 e. The van der Waals surface area contributed by atoms with E-state index in [2.05, 4.69) is 36.7 Å². The summed E-state index contributed by atoms with van der Waals surface area (Å²) in [6.45, 7) is 6.50. The van der Waals surface area contributed by atoms with E-state index in [1.165, 1.54) is 6.07 Å². The van der Waals surface area contributed by atoms with Crippen LogP contribution in [-0.4, -0.2) is 4.83 Å². The molecule has 0 aliphatic carbocycles. The number of hydrogen-bond acceptors (Lipinski definition) is 0. The summed E-state index contributed by atoms with van der Waals surface area (Å²) in [6, 6.07) is 4.72. The first-order valence-corrected chi connectivity index (χ1v) is 6.68. The van der Waals surface area contributed by atoms with Crippen LogP contribution in [0.5, 0.6) is 0 Å². The minimum Gasteiger partial charge on any atom is -0.207 e. The molecule has 0 fully saturated rings. The van der Waals surface area contributed by atoms with E-state index >= 15 is 0 Å². The number of halogens is 3. The van der Waals surface area contributed by atoms with E-state index in [-0.39, 0.29) is 11.2 Å². The highest BCUT2D eigenvalue weighted by Crippen LogP contribution is 2.30. The van der Waals surface area contributed by atoms with Gasteiger partial charge in [-0.3, -0.25) is 0 Å². The van der Waals surface area contributed by atoms with E-state index < -0.39 is 0 Å². The number of benzene rings is 1. The average molecular weight is 308 g/mol. The van der Waals surface area contributed by atoms with Gasteiger partial charge in [0, 0.05) is 9.85 Å². The molecule has 1 aromatic rings. The van der Waals surface area contributed by atoms with E-state index in [1.54, 1.807) is 12.1 Å². The summed E-state index contributed by atoms with van der Waals surface area (Å²) in [5.41, 5.74) is 0.885. The zero-order chi connectivity index (χ0) is 12.3.